The zero-order valence-electron chi connectivity index (χ0n) is 17.4. The van der Waals surface area contributed by atoms with Gasteiger partial charge in [-0.2, -0.15) is 0 Å². The zero-order valence-corrected chi connectivity index (χ0v) is 17.4. The largest absolute Gasteiger partial charge is 0.461 e. The second-order valence-corrected chi connectivity index (χ2v) is 8.50. The average molecular weight is 379 g/mol. The predicted octanol–water partition coefficient (Wildman–Crippen LogP) is 4.40. The van der Waals surface area contributed by atoms with E-state index in [1.807, 2.05) is 20.8 Å². The van der Waals surface area contributed by atoms with Gasteiger partial charge in [0.25, 0.3) is 0 Å². The lowest BCUT2D eigenvalue weighted by molar-refractivity contribution is -0.157. The first-order chi connectivity index (χ1) is 12.9. The monoisotopic (exact) mass is 378 g/mol. The molecule has 2 aliphatic rings. The van der Waals surface area contributed by atoms with Gasteiger partial charge < -0.3 is 14.9 Å². The maximum atomic E-state index is 12.4. The van der Waals surface area contributed by atoms with Gasteiger partial charge in [-0.3, -0.25) is 4.79 Å². The molecule has 0 saturated carbocycles. The summed E-state index contributed by atoms with van der Waals surface area (Å²) in [5.74, 6) is 0.806. The molecule has 154 valence electrons. The van der Waals surface area contributed by atoms with E-state index < -0.39 is 12.2 Å². The fourth-order valence-electron chi connectivity index (χ4n) is 4.37. The first kappa shape index (κ1) is 22.2. The third-order valence-corrected chi connectivity index (χ3v) is 6.48. The summed E-state index contributed by atoms with van der Waals surface area (Å²) in [6, 6.07) is 0. The van der Waals surface area contributed by atoms with E-state index >= 15 is 0 Å². The Morgan fingerprint density at radius 3 is 2.67 bits per heavy atom. The molecule has 0 aliphatic heterocycles. The Kier molecular flexibility index (Phi) is 8.56. The van der Waals surface area contributed by atoms with Crippen molar-refractivity contribution < 1.29 is 19.7 Å². The molecule has 0 fully saturated rings. The molecule has 0 amide bonds. The number of aliphatic hydroxyl groups excluding tert-OH is 2. The molecule has 0 spiro atoms. The molecule has 0 saturated heterocycles. The van der Waals surface area contributed by atoms with Crippen LogP contribution in [0.4, 0.5) is 0 Å². The zero-order chi connectivity index (χ0) is 20.0. The van der Waals surface area contributed by atoms with Crippen LogP contribution in [-0.2, 0) is 9.53 Å². The van der Waals surface area contributed by atoms with Crippen molar-refractivity contribution in [1.82, 2.24) is 0 Å². The minimum atomic E-state index is -0.477. The fraction of sp³-hybridized carbons (Fsp3) is 0.783. The van der Waals surface area contributed by atoms with Crippen LogP contribution in [0.5, 0.6) is 0 Å². The van der Waals surface area contributed by atoms with E-state index in [1.54, 1.807) is 0 Å². The molecule has 0 heterocycles. The molecule has 2 aliphatic carbocycles. The van der Waals surface area contributed by atoms with Crippen LogP contribution in [0.3, 0.4) is 0 Å². The molecule has 0 aromatic heterocycles. The maximum absolute atomic E-state index is 12.4. The topological polar surface area (TPSA) is 66.8 Å². The number of aliphatic hydroxyl groups is 2. The lowest BCUT2D eigenvalue weighted by atomic mass is 9.66. The van der Waals surface area contributed by atoms with Gasteiger partial charge >= 0.3 is 5.97 Å². The molecular formula is C23H38O4. The quantitative estimate of drug-likeness (QED) is 0.583. The first-order valence-corrected chi connectivity index (χ1v) is 10.8. The fourth-order valence-corrected chi connectivity index (χ4v) is 4.37. The standard InChI is InChI=1S/C23H38O4/c1-5-15(3)23(26)27-21-9-7-8-17-11-10-16(4)20(22(17)21)13-12-19(25)14-18(24)6-2/h8,10-11,15-16,18-22,24-25H,5-7,9,12-14H2,1-4H3/t15-,16-,18?,19+,20-,21-,22?/m0/s1. The molecule has 4 heteroatoms. The van der Waals surface area contributed by atoms with Crippen LogP contribution in [0.1, 0.15) is 72.6 Å². The number of esters is 1. The lowest BCUT2D eigenvalue weighted by Crippen LogP contribution is -2.40. The van der Waals surface area contributed by atoms with Crippen molar-refractivity contribution in [2.24, 2.45) is 23.7 Å². The third kappa shape index (κ3) is 5.92. The molecule has 2 rings (SSSR count). The molecule has 0 aromatic carbocycles. The predicted molar refractivity (Wildman–Crippen MR) is 108 cm³/mol. The Bertz CT molecular complexity index is 538. The highest BCUT2D eigenvalue weighted by Gasteiger charge is 2.40. The summed E-state index contributed by atoms with van der Waals surface area (Å²) in [6.45, 7) is 8.09. The van der Waals surface area contributed by atoms with Gasteiger partial charge in [0.1, 0.15) is 6.10 Å². The van der Waals surface area contributed by atoms with E-state index in [2.05, 4.69) is 25.2 Å². The summed E-state index contributed by atoms with van der Waals surface area (Å²) in [5, 5.41) is 20.1. The van der Waals surface area contributed by atoms with E-state index in [4.69, 9.17) is 4.74 Å². The van der Waals surface area contributed by atoms with Gasteiger partial charge in [0.05, 0.1) is 18.1 Å². The van der Waals surface area contributed by atoms with Crippen molar-refractivity contribution in [3.05, 3.63) is 23.8 Å². The molecule has 2 unspecified atom stereocenters. The minimum Gasteiger partial charge on any atom is -0.461 e. The summed E-state index contributed by atoms with van der Waals surface area (Å²) < 4.78 is 5.96. The van der Waals surface area contributed by atoms with E-state index in [0.29, 0.717) is 31.1 Å². The number of fused-ring (bicyclic) bond motifs is 1. The van der Waals surface area contributed by atoms with E-state index in [9.17, 15) is 15.0 Å². The van der Waals surface area contributed by atoms with Crippen molar-refractivity contribution in [1.29, 1.82) is 0 Å². The molecule has 0 aromatic rings. The molecule has 0 radical (unpaired) electrons. The lowest BCUT2D eigenvalue weighted by Gasteiger charge is -2.42. The Labute approximate surface area is 164 Å². The SMILES string of the molecule is CCC(O)C[C@H](O)CC[C@@H]1C2C(=CCC[C@@H]2OC(=O)[C@@H](C)CC)C=C[C@@H]1C. The van der Waals surface area contributed by atoms with Gasteiger partial charge in [-0.05, 0) is 62.4 Å². The average Bonchev–Trinajstić information content (AvgIpc) is 2.66. The number of hydrogen-bond donors (Lipinski definition) is 2. The second kappa shape index (κ2) is 10.4. The van der Waals surface area contributed by atoms with Crippen LogP contribution >= 0.6 is 0 Å². The maximum Gasteiger partial charge on any atom is 0.308 e. The highest BCUT2D eigenvalue weighted by atomic mass is 16.5. The van der Waals surface area contributed by atoms with Gasteiger partial charge in [0, 0.05) is 5.92 Å². The molecule has 7 atom stereocenters. The Morgan fingerprint density at radius 2 is 2.00 bits per heavy atom. The molecule has 27 heavy (non-hydrogen) atoms. The van der Waals surface area contributed by atoms with Crippen LogP contribution in [0, 0.1) is 23.7 Å². The van der Waals surface area contributed by atoms with Crippen molar-refractivity contribution in [3.8, 4) is 0 Å². The highest BCUT2D eigenvalue weighted by molar-refractivity contribution is 5.72. The number of allylic oxidation sites excluding steroid dienone is 3. The number of carbonyl (C=O) groups excluding carboxylic acids is 1. The Morgan fingerprint density at radius 1 is 1.26 bits per heavy atom. The normalized spacial score (nSPS) is 30.8. The van der Waals surface area contributed by atoms with E-state index in [1.165, 1.54) is 5.57 Å². The summed E-state index contributed by atoms with van der Waals surface area (Å²) in [6.07, 6.45) is 11.0. The van der Waals surface area contributed by atoms with Crippen molar-refractivity contribution in [3.63, 3.8) is 0 Å². The van der Waals surface area contributed by atoms with Gasteiger partial charge in [-0.15, -0.1) is 0 Å². The summed E-state index contributed by atoms with van der Waals surface area (Å²) in [7, 11) is 0. The smallest absolute Gasteiger partial charge is 0.308 e. The minimum absolute atomic E-state index is 0.0632. The van der Waals surface area contributed by atoms with Crippen LogP contribution in [0.2, 0.25) is 0 Å². The van der Waals surface area contributed by atoms with Crippen molar-refractivity contribution >= 4 is 5.97 Å². The Hall–Kier alpha value is -1.13. The molecule has 4 nitrogen and oxygen atoms in total. The van der Waals surface area contributed by atoms with Crippen LogP contribution < -0.4 is 0 Å². The third-order valence-electron chi connectivity index (χ3n) is 6.48. The summed E-state index contributed by atoms with van der Waals surface area (Å²) >= 11 is 0. The second-order valence-electron chi connectivity index (χ2n) is 8.50. The number of carbonyl (C=O) groups is 1. The molecule has 0 bridgehead atoms. The van der Waals surface area contributed by atoms with Crippen LogP contribution in [0.25, 0.3) is 0 Å². The first-order valence-electron chi connectivity index (χ1n) is 10.8. The number of ether oxygens (including phenoxy) is 1. The Balaban J connectivity index is 2.07. The summed E-state index contributed by atoms with van der Waals surface area (Å²) in [4.78, 5) is 12.4. The van der Waals surface area contributed by atoms with Gasteiger partial charge in [0.15, 0.2) is 0 Å². The summed E-state index contributed by atoms with van der Waals surface area (Å²) in [5.41, 5.74) is 1.29. The number of hydrogen-bond acceptors (Lipinski definition) is 4. The van der Waals surface area contributed by atoms with Crippen molar-refractivity contribution in [2.75, 3.05) is 0 Å². The van der Waals surface area contributed by atoms with E-state index in [0.717, 1.165) is 25.7 Å². The van der Waals surface area contributed by atoms with Gasteiger partial charge in [0.2, 0.25) is 0 Å². The highest BCUT2D eigenvalue weighted by Crippen LogP contribution is 2.44. The van der Waals surface area contributed by atoms with Crippen molar-refractivity contribution in [2.45, 2.75) is 91.0 Å². The van der Waals surface area contributed by atoms with Crippen LogP contribution in [0.15, 0.2) is 23.8 Å². The van der Waals surface area contributed by atoms with Crippen LogP contribution in [-0.4, -0.2) is 34.5 Å². The number of rotatable bonds is 9. The van der Waals surface area contributed by atoms with Gasteiger partial charge in [-0.25, -0.2) is 0 Å². The van der Waals surface area contributed by atoms with Gasteiger partial charge in [-0.1, -0.05) is 45.9 Å². The molecular weight excluding hydrogens is 340 g/mol. The van der Waals surface area contributed by atoms with E-state index in [-0.39, 0.29) is 23.9 Å². The molecule has 2 N–H and O–H groups in total.